The van der Waals surface area contributed by atoms with E-state index in [9.17, 15) is 9.59 Å². The van der Waals surface area contributed by atoms with Crippen LogP contribution in [-0.2, 0) is 19.6 Å². The highest BCUT2D eigenvalue weighted by Crippen LogP contribution is 2.15. The molecule has 3 heterocycles. The number of carbonyl (C=O) groups excluding carboxylic acids is 2. The molecule has 0 aromatic carbocycles. The topological polar surface area (TPSA) is 83.4 Å². The molecule has 2 aromatic rings. The van der Waals surface area contributed by atoms with Crippen LogP contribution in [0.15, 0.2) is 30.5 Å². The summed E-state index contributed by atoms with van der Waals surface area (Å²) in [5, 5.41) is 7.20. The van der Waals surface area contributed by atoms with Crippen LogP contribution >= 0.6 is 0 Å². The Morgan fingerprint density at radius 2 is 2.04 bits per heavy atom. The van der Waals surface area contributed by atoms with Crippen molar-refractivity contribution >= 4 is 11.9 Å². The number of nitrogens with one attached hydrogen (secondary N) is 1. The Hall–Kier alpha value is -2.90. The number of urea groups is 1. The quantitative estimate of drug-likeness (QED) is 0.880. The Bertz CT molecular complexity index is 769. The largest absolute Gasteiger partial charge is 0.345 e. The lowest BCUT2D eigenvalue weighted by atomic mass is 10.2. The van der Waals surface area contributed by atoms with Gasteiger partial charge in [0.15, 0.2) is 5.69 Å². The van der Waals surface area contributed by atoms with Crippen molar-refractivity contribution in [1.29, 1.82) is 0 Å². The fraction of sp³-hybridized carbons (Fsp3) is 0.444. The van der Waals surface area contributed by atoms with Gasteiger partial charge in [0, 0.05) is 25.8 Å². The third-order valence-corrected chi connectivity index (χ3v) is 4.49. The summed E-state index contributed by atoms with van der Waals surface area (Å²) >= 11 is 0. The van der Waals surface area contributed by atoms with E-state index < -0.39 is 0 Å². The predicted molar refractivity (Wildman–Crippen MR) is 96.4 cm³/mol. The molecule has 1 aliphatic heterocycles. The first-order valence-electron chi connectivity index (χ1n) is 8.91. The molecule has 0 saturated carbocycles. The summed E-state index contributed by atoms with van der Waals surface area (Å²) in [6, 6.07) is 7.36. The van der Waals surface area contributed by atoms with Gasteiger partial charge in [0.1, 0.15) is 0 Å². The highest BCUT2D eigenvalue weighted by molar-refractivity contribution is 5.92. The Morgan fingerprint density at radius 3 is 2.73 bits per heavy atom. The van der Waals surface area contributed by atoms with E-state index in [1.54, 1.807) is 22.1 Å². The minimum absolute atomic E-state index is 0.0311. The smallest absolute Gasteiger partial charge is 0.320 e. The number of pyridine rings is 1. The van der Waals surface area contributed by atoms with Gasteiger partial charge in [-0.3, -0.25) is 14.5 Å². The molecule has 3 amide bonds. The Labute approximate surface area is 152 Å². The van der Waals surface area contributed by atoms with Gasteiger partial charge in [0.05, 0.1) is 31.0 Å². The maximum Gasteiger partial charge on any atom is 0.320 e. The molecule has 0 fully saturated rings. The van der Waals surface area contributed by atoms with Crippen LogP contribution in [0.25, 0.3) is 0 Å². The number of amides is 3. The second kappa shape index (κ2) is 7.99. The summed E-state index contributed by atoms with van der Waals surface area (Å²) < 4.78 is 1.81. The van der Waals surface area contributed by atoms with Crippen LogP contribution in [0, 0.1) is 0 Å². The maximum atomic E-state index is 12.5. The summed E-state index contributed by atoms with van der Waals surface area (Å²) in [6.07, 6.45) is 1.69. The number of fused-ring (bicyclic) bond motifs is 1. The van der Waals surface area contributed by atoms with Crippen molar-refractivity contribution in [1.82, 2.24) is 29.9 Å². The molecule has 2 aromatic heterocycles. The van der Waals surface area contributed by atoms with E-state index in [0.29, 0.717) is 45.0 Å². The third kappa shape index (κ3) is 3.84. The molecule has 8 nitrogen and oxygen atoms in total. The molecule has 0 bridgehead atoms. The molecule has 0 atom stereocenters. The second-order valence-corrected chi connectivity index (χ2v) is 6.12. The zero-order valence-corrected chi connectivity index (χ0v) is 15.2. The van der Waals surface area contributed by atoms with Crippen LogP contribution in [0.4, 0.5) is 4.79 Å². The Morgan fingerprint density at radius 1 is 1.23 bits per heavy atom. The van der Waals surface area contributed by atoms with Crippen molar-refractivity contribution in [2.45, 2.75) is 33.5 Å². The molecular weight excluding hydrogens is 332 g/mol. The zero-order chi connectivity index (χ0) is 18.5. The minimum atomic E-state index is -0.237. The summed E-state index contributed by atoms with van der Waals surface area (Å²) in [7, 11) is 0. The first-order chi connectivity index (χ1) is 12.6. The van der Waals surface area contributed by atoms with Crippen molar-refractivity contribution in [2.24, 2.45) is 0 Å². The molecule has 0 saturated heterocycles. The average molecular weight is 356 g/mol. The molecule has 1 aliphatic rings. The predicted octanol–water partition coefficient (Wildman–Crippen LogP) is 1.49. The van der Waals surface area contributed by atoms with Crippen LogP contribution in [-0.4, -0.2) is 56.1 Å². The van der Waals surface area contributed by atoms with Gasteiger partial charge < -0.3 is 15.1 Å². The van der Waals surface area contributed by atoms with E-state index in [1.807, 2.05) is 36.7 Å². The molecule has 0 spiro atoms. The number of hydrogen-bond donors (Lipinski definition) is 1. The first-order valence-corrected chi connectivity index (χ1v) is 8.91. The fourth-order valence-corrected chi connectivity index (χ4v) is 3.00. The van der Waals surface area contributed by atoms with Gasteiger partial charge in [0.25, 0.3) is 5.91 Å². The van der Waals surface area contributed by atoms with E-state index in [1.165, 1.54) is 0 Å². The van der Waals surface area contributed by atoms with Crippen molar-refractivity contribution in [3.63, 3.8) is 0 Å². The van der Waals surface area contributed by atoms with Crippen LogP contribution in [0.3, 0.4) is 0 Å². The lowest BCUT2D eigenvalue weighted by Gasteiger charge is -2.32. The van der Waals surface area contributed by atoms with Crippen molar-refractivity contribution in [3.8, 4) is 0 Å². The van der Waals surface area contributed by atoms with Crippen LogP contribution in [0.2, 0.25) is 0 Å². The van der Waals surface area contributed by atoms with Crippen molar-refractivity contribution in [2.75, 3.05) is 19.6 Å². The van der Waals surface area contributed by atoms with Gasteiger partial charge in [-0.2, -0.15) is 5.10 Å². The number of carbonyl (C=O) groups is 2. The molecule has 0 radical (unpaired) electrons. The minimum Gasteiger partial charge on any atom is -0.345 e. The summed E-state index contributed by atoms with van der Waals surface area (Å²) in [5.74, 6) is -0.237. The van der Waals surface area contributed by atoms with Gasteiger partial charge >= 0.3 is 6.03 Å². The van der Waals surface area contributed by atoms with Gasteiger partial charge in [0.2, 0.25) is 0 Å². The second-order valence-electron chi connectivity index (χ2n) is 6.12. The molecule has 138 valence electrons. The van der Waals surface area contributed by atoms with Crippen LogP contribution in [0.1, 0.15) is 35.7 Å². The molecule has 26 heavy (non-hydrogen) atoms. The standard InChI is InChI=1S/C18H24N6O2/c1-3-22(4-2)18(26)23-9-10-24-15(13-23)11-16(21-24)17(25)20-12-14-7-5-6-8-19-14/h5-8,11H,3-4,9-10,12-13H2,1-2H3,(H,20,25). The van der Waals surface area contributed by atoms with E-state index in [4.69, 9.17) is 0 Å². The molecular formula is C18H24N6O2. The zero-order valence-electron chi connectivity index (χ0n) is 15.2. The van der Waals surface area contributed by atoms with E-state index in [-0.39, 0.29) is 11.9 Å². The van der Waals surface area contributed by atoms with Crippen molar-refractivity contribution in [3.05, 3.63) is 47.5 Å². The van der Waals surface area contributed by atoms with Gasteiger partial charge in [-0.05, 0) is 32.0 Å². The van der Waals surface area contributed by atoms with Crippen LogP contribution < -0.4 is 5.32 Å². The Kier molecular flexibility index (Phi) is 5.50. The monoisotopic (exact) mass is 356 g/mol. The lowest BCUT2D eigenvalue weighted by Crippen LogP contribution is -2.46. The normalized spacial score (nSPS) is 13.2. The van der Waals surface area contributed by atoms with E-state index >= 15 is 0 Å². The van der Waals surface area contributed by atoms with Gasteiger partial charge in [-0.15, -0.1) is 0 Å². The Balaban J connectivity index is 1.63. The summed E-state index contributed by atoms with van der Waals surface area (Å²) in [4.78, 5) is 32.6. The molecule has 0 aliphatic carbocycles. The van der Waals surface area contributed by atoms with Crippen molar-refractivity contribution < 1.29 is 9.59 Å². The first kappa shape index (κ1) is 17.9. The summed E-state index contributed by atoms with van der Waals surface area (Å²) in [5.41, 5.74) is 2.04. The number of aromatic nitrogens is 3. The number of nitrogens with zero attached hydrogens (tertiary/aromatic N) is 5. The van der Waals surface area contributed by atoms with Crippen LogP contribution in [0.5, 0.6) is 0 Å². The molecule has 3 rings (SSSR count). The highest BCUT2D eigenvalue weighted by Gasteiger charge is 2.26. The third-order valence-electron chi connectivity index (χ3n) is 4.49. The molecule has 1 N–H and O–H groups in total. The SMILES string of the molecule is CCN(CC)C(=O)N1CCn2nc(C(=O)NCc3ccccn3)cc2C1. The number of hydrogen-bond acceptors (Lipinski definition) is 4. The number of rotatable bonds is 5. The molecule has 0 unspecified atom stereocenters. The average Bonchev–Trinajstić information content (AvgIpc) is 3.11. The van der Waals surface area contributed by atoms with Gasteiger partial charge in [-0.25, -0.2) is 4.79 Å². The summed E-state index contributed by atoms with van der Waals surface area (Å²) in [6.45, 7) is 7.33. The fourth-order valence-electron chi connectivity index (χ4n) is 3.00. The molecule has 8 heteroatoms. The highest BCUT2D eigenvalue weighted by atomic mass is 16.2. The maximum absolute atomic E-state index is 12.5. The van der Waals surface area contributed by atoms with E-state index in [0.717, 1.165) is 11.4 Å². The van der Waals surface area contributed by atoms with E-state index in [2.05, 4.69) is 15.4 Å². The lowest BCUT2D eigenvalue weighted by molar-refractivity contribution is 0.0944. The van der Waals surface area contributed by atoms with Gasteiger partial charge in [-0.1, -0.05) is 6.07 Å².